The molecule has 0 radical (unpaired) electrons. The van der Waals surface area contributed by atoms with Crippen LogP contribution in [0.25, 0.3) is 0 Å². The first-order chi connectivity index (χ1) is 12.3. The first-order valence-electron chi connectivity index (χ1n) is 9.00. The molecular formula is C20H26N4O2. The molecule has 26 heavy (non-hydrogen) atoms. The van der Waals surface area contributed by atoms with E-state index >= 15 is 0 Å². The summed E-state index contributed by atoms with van der Waals surface area (Å²) >= 11 is 0. The number of hydrogen-bond donors (Lipinski definition) is 1. The van der Waals surface area contributed by atoms with Gasteiger partial charge < -0.3 is 10.2 Å². The van der Waals surface area contributed by atoms with E-state index in [1.54, 1.807) is 11.9 Å². The SMILES string of the molecule is CCn1nc(C)c(NC(=O)[C@H]2CC(=O)N(C)[C@@H]2c2ccc(C)cc2)c1C. The molecule has 0 saturated carbocycles. The Hall–Kier alpha value is -2.63. The van der Waals surface area contributed by atoms with Crippen molar-refractivity contribution in [2.75, 3.05) is 12.4 Å². The molecule has 1 aromatic heterocycles. The van der Waals surface area contributed by atoms with E-state index in [9.17, 15) is 9.59 Å². The van der Waals surface area contributed by atoms with Gasteiger partial charge in [0.1, 0.15) is 0 Å². The van der Waals surface area contributed by atoms with Crippen molar-refractivity contribution in [2.24, 2.45) is 5.92 Å². The zero-order valence-electron chi connectivity index (χ0n) is 16.0. The Bertz CT molecular complexity index is 838. The van der Waals surface area contributed by atoms with E-state index in [0.717, 1.165) is 34.7 Å². The summed E-state index contributed by atoms with van der Waals surface area (Å²) in [5, 5.41) is 7.48. The second kappa shape index (κ2) is 6.94. The van der Waals surface area contributed by atoms with Crippen molar-refractivity contribution in [2.45, 2.75) is 46.7 Å². The van der Waals surface area contributed by atoms with Crippen LogP contribution >= 0.6 is 0 Å². The number of anilines is 1. The molecule has 6 nitrogen and oxygen atoms in total. The monoisotopic (exact) mass is 354 g/mol. The zero-order valence-corrected chi connectivity index (χ0v) is 16.0. The van der Waals surface area contributed by atoms with Crippen LogP contribution in [0.1, 0.15) is 41.9 Å². The van der Waals surface area contributed by atoms with E-state index in [1.807, 2.05) is 56.6 Å². The van der Waals surface area contributed by atoms with Gasteiger partial charge in [0.15, 0.2) is 0 Å². The smallest absolute Gasteiger partial charge is 0.230 e. The quantitative estimate of drug-likeness (QED) is 0.918. The Morgan fingerprint density at radius 3 is 2.46 bits per heavy atom. The molecule has 3 rings (SSSR count). The number of aromatic nitrogens is 2. The van der Waals surface area contributed by atoms with Crippen molar-refractivity contribution in [1.82, 2.24) is 14.7 Å². The largest absolute Gasteiger partial charge is 0.338 e. The topological polar surface area (TPSA) is 67.2 Å². The summed E-state index contributed by atoms with van der Waals surface area (Å²) in [6, 6.07) is 7.79. The lowest BCUT2D eigenvalue weighted by atomic mass is 9.92. The Labute approximate surface area is 154 Å². The maximum absolute atomic E-state index is 13.0. The van der Waals surface area contributed by atoms with Gasteiger partial charge in [-0.25, -0.2) is 0 Å². The Morgan fingerprint density at radius 1 is 1.23 bits per heavy atom. The van der Waals surface area contributed by atoms with Crippen molar-refractivity contribution < 1.29 is 9.59 Å². The van der Waals surface area contributed by atoms with Crippen molar-refractivity contribution in [3.05, 3.63) is 46.8 Å². The molecule has 1 aromatic carbocycles. The average Bonchev–Trinajstić information content (AvgIpc) is 3.06. The molecule has 0 spiro atoms. The van der Waals surface area contributed by atoms with Gasteiger partial charge in [-0.1, -0.05) is 29.8 Å². The maximum Gasteiger partial charge on any atom is 0.230 e. The molecule has 1 saturated heterocycles. The van der Waals surface area contributed by atoms with Crippen LogP contribution in [0.5, 0.6) is 0 Å². The summed E-state index contributed by atoms with van der Waals surface area (Å²) in [6.45, 7) is 8.62. The first kappa shape index (κ1) is 18.2. The molecular weight excluding hydrogens is 328 g/mol. The van der Waals surface area contributed by atoms with E-state index < -0.39 is 5.92 Å². The predicted molar refractivity (Wildman–Crippen MR) is 101 cm³/mol. The minimum Gasteiger partial charge on any atom is -0.338 e. The van der Waals surface area contributed by atoms with Crippen LogP contribution < -0.4 is 5.32 Å². The maximum atomic E-state index is 13.0. The molecule has 0 aliphatic carbocycles. The number of rotatable bonds is 4. The highest BCUT2D eigenvalue weighted by Gasteiger charge is 2.42. The number of benzene rings is 1. The lowest BCUT2D eigenvalue weighted by molar-refractivity contribution is -0.127. The standard InChI is InChI=1S/C20H26N4O2/c1-6-24-14(4)18(13(3)22-24)21-20(26)16-11-17(25)23(5)19(16)15-9-7-12(2)8-10-15/h7-10,16,19H,6,11H2,1-5H3,(H,21,26)/t16-,19+/m0/s1. The Kier molecular flexibility index (Phi) is 4.85. The summed E-state index contributed by atoms with van der Waals surface area (Å²) in [5.74, 6) is -0.553. The summed E-state index contributed by atoms with van der Waals surface area (Å²) in [4.78, 5) is 27.0. The molecule has 1 N–H and O–H groups in total. The van der Waals surface area contributed by atoms with Crippen LogP contribution in [-0.4, -0.2) is 33.5 Å². The third kappa shape index (κ3) is 3.11. The Morgan fingerprint density at radius 2 is 1.88 bits per heavy atom. The highest BCUT2D eigenvalue weighted by Crippen LogP contribution is 2.38. The van der Waals surface area contributed by atoms with E-state index in [1.165, 1.54) is 0 Å². The van der Waals surface area contributed by atoms with Crippen molar-refractivity contribution in [1.29, 1.82) is 0 Å². The van der Waals surface area contributed by atoms with Gasteiger partial charge in [0.2, 0.25) is 11.8 Å². The van der Waals surface area contributed by atoms with E-state index in [2.05, 4.69) is 10.4 Å². The lowest BCUT2D eigenvalue weighted by Gasteiger charge is -2.25. The number of hydrogen-bond acceptors (Lipinski definition) is 3. The van der Waals surface area contributed by atoms with E-state index in [-0.39, 0.29) is 24.3 Å². The van der Waals surface area contributed by atoms with Gasteiger partial charge in [-0.3, -0.25) is 14.3 Å². The van der Waals surface area contributed by atoms with Crippen LogP contribution in [-0.2, 0) is 16.1 Å². The van der Waals surface area contributed by atoms with Gasteiger partial charge in [0.25, 0.3) is 0 Å². The minimum atomic E-state index is -0.418. The van der Waals surface area contributed by atoms with Crippen LogP contribution in [0.2, 0.25) is 0 Å². The normalized spacial score (nSPS) is 19.9. The second-order valence-corrected chi connectivity index (χ2v) is 7.02. The average molecular weight is 354 g/mol. The first-order valence-corrected chi connectivity index (χ1v) is 9.00. The molecule has 0 unspecified atom stereocenters. The van der Waals surface area contributed by atoms with Gasteiger partial charge in [0.05, 0.1) is 29.0 Å². The van der Waals surface area contributed by atoms with Crippen LogP contribution in [0.15, 0.2) is 24.3 Å². The summed E-state index contributed by atoms with van der Waals surface area (Å²) in [7, 11) is 1.77. The predicted octanol–water partition coefficient (Wildman–Crippen LogP) is 2.99. The molecule has 6 heteroatoms. The fourth-order valence-electron chi connectivity index (χ4n) is 3.73. The molecule has 1 aliphatic heterocycles. The molecule has 138 valence electrons. The second-order valence-electron chi connectivity index (χ2n) is 7.02. The molecule has 2 atom stereocenters. The number of amides is 2. The van der Waals surface area contributed by atoms with Crippen LogP contribution in [0.3, 0.4) is 0 Å². The third-order valence-corrected chi connectivity index (χ3v) is 5.27. The van der Waals surface area contributed by atoms with Crippen molar-refractivity contribution >= 4 is 17.5 Å². The van der Waals surface area contributed by atoms with Crippen LogP contribution in [0.4, 0.5) is 5.69 Å². The fourth-order valence-corrected chi connectivity index (χ4v) is 3.73. The molecule has 0 bridgehead atoms. The third-order valence-electron chi connectivity index (χ3n) is 5.27. The number of likely N-dealkylation sites (tertiary alicyclic amines) is 1. The van der Waals surface area contributed by atoms with Crippen LogP contribution in [0, 0.1) is 26.7 Å². The number of aryl methyl sites for hydroxylation is 3. The summed E-state index contributed by atoms with van der Waals surface area (Å²) in [5.41, 5.74) is 4.62. The fraction of sp³-hybridized carbons (Fsp3) is 0.450. The van der Waals surface area contributed by atoms with E-state index in [0.29, 0.717) is 0 Å². The molecule has 2 amide bonds. The summed E-state index contributed by atoms with van der Waals surface area (Å²) in [6.07, 6.45) is 0.223. The Balaban J connectivity index is 1.88. The van der Waals surface area contributed by atoms with Crippen molar-refractivity contribution in [3.8, 4) is 0 Å². The zero-order chi connectivity index (χ0) is 19.0. The highest BCUT2D eigenvalue weighted by atomic mass is 16.2. The molecule has 2 heterocycles. The number of carbonyl (C=O) groups excluding carboxylic acids is 2. The van der Waals surface area contributed by atoms with Gasteiger partial charge in [-0.15, -0.1) is 0 Å². The lowest BCUT2D eigenvalue weighted by Crippen LogP contribution is -2.30. The minimum absolute atomic E-state index is 0.00609. The van der Waals surface area contributed by atoms with Gasteiger partial charge in [-0.05, 0) is 33.3 Å². The number of nitrogens with zero attached hydrogens (tertiary/aromatic N) is 3. The number of carbonyl (C=O) groups is 2. The summed E-state index contributed by atoms with van der Waals surface area (Å²) < 4.78 is 1.87. The highest BCUT2D eigenvalue weighted by molar-refractivity contribution is 5.98. The molecule has 2 aromatic rings. The van der Waals surface area contributed by atoms with Crippen molar-refractivity contribution in [3.63, 3.8) is 0 Å². The number of nitrogens with one attached hydrogen (secondary N) is 1. The van der Waals surface area contributed by atoms with Gasteiger partial charge in [0, 0.05) is 20.0 Å². The van der Waals surface area contributed by atoms with E-state index in [4.69, 9.17) is 0 Å². The molecule has 1 fully saturated rings. The van der Waals surface area contributed by atoms with Gasteiger partial charge in [-0.2, -0.15) is 5.10 Å². The molecule has 1 aliphatic rings. The van der Waals surface area contributed by atoms with Gasteiger partial charge >= 0.3 is 0 Å².